The van der Waals surface area contributed by atoms with Gasteiger partial charge in [0.1, 0.15) is 0 Å². The molecule has 0 amide bonds. The van der Waals surface area contributed by atoms with E-state index < -0.39 is 0 Å². The van der Waals surface area contributed by atoms with Crippen LogP contribution in [-0.4, -0.2) is 22.7 Å². The van der Waals surface area contributed by atoms with Crippen molar-refractivity contribution in [1.82, 2.24) is 10.3 Å². The Kier molecular flexibility index (Phi) is 5.22. The van der Waals surface area contributed by atoms with Gasteiger partial charge in [-0.25, -0.2) is 4.98 Å². The molecule has 0 bridgehead atoms. The number of nitrogens with one attached hydrogen (secondary N) is 1. The topological polar surface area (TPSA) is 45.2 Å². The summed E-state index contributed by atoms with van der Waals surface area (Å²) in [5, 5.41) is 13.5. The first-order chi connectivity index (χ1) is 7.08. The van der Waals surface area contributed by atoms with E-state index >= 15 is 0 Å². The molecule has 1 aromatic rings. The highest BCUT2D eigenvalue weighted by Crippen LogP contribution is 2.16. The zero-order valence-electron chi connectivity index (χ0n) is 9.66. The highest BCUT2D eigenvalue weighted by atomic mass is 32.1. The molecule has 2 N–H and O–H groups in total. The summed E-state index contributed by atoms with van der Waals surface area (Å²) in [5.41, 5.74) is 0. The van der Waals surface area contributed by atoms with Crippen molar-refractivity contribution < 1.29 is 5.11 Å². The highest BCUT2D eigenvalue weighted by molar-refractivity contribution is 7.11. The van der Waals surface area contributed by atoms with Gasteiger partial charge in [0.05, 0.1) is 11.1 Å². The smallest absolute Gasteiger partial charge is 0.0930 e. The van der Waals surface area contributed by atoms with E-state index in [9.17, 15) is 0 Å². The quantitative estimate of drug-likeness (QED) is 0.780. The second-order valence-electron chi connectivity index (χ2n) is 4.30. The molecule has 0 spiro atoms. The van der Waals surface area contributed by atoms with Crippen LogP contribution in [-0.2, 0) is 13.0 Å². The number of aliphatic hydroxyl groups excluding tert-OH is 1. The van der Waals surface area contributed by atoms with Gasteiger partial charge in [0.15, 0.2) is 0 Å². The van der Waals surface area contributed by atoms with Gasteiger partial charge in [0.25, 0.3) is 0 Å². The van der Waals surface area contributed by atoms with Crippen molar-refractivity contribution in [2.24, 2.45) is 5.92 Å². The summed E-state index contributed by atoms with van der Waals surface area (Å²) < 4.78 is 0. The number of nitrogens with zero attached hydrogens (tertiary/aromatic N) is 1. The van der Waals surface area contributed by atoms with Crippen molar-refractivity contribution in [2.75, 3.05) is 6.54 Å². The third-order valence-corrected chi connectivity index (χ3v) is 2.94. The zero-order valence-corrected chi connectivity index (χ0v) is 10.5. The molecule has 0 aliphatic rings. The van der Waals surface area contributed by atoms with Gasteiger partial charge in [-0.2, -0.15) is 0 Å². The predicted octanol–water partition coefficient (Wildman–Crippen LogP) is 1.81. The van der Waals surface area contributed by atoms with E-state index in [4.69, 9.17) is 5.11 Å². The zero-order chi connectivity index (χ0) is 11.3. The molecule has 0 fully saturated rings. The Morgan fingerprint density at radius 2 is 2.20 bits per heavy atom. The summed E-state index contributed by atoms with van der Waals surface area (Å²) in [6, 6.07) is 0. The molecule has 3 nitrogen and oxygen atoms in total. The van der Waals surface area contributed by atoms with Gasteiger partial charge < -0.3 is 10.4 Å². The summed E-state index contributed by atoms with van der Waals surface area (Å²) in [6.45, 7) is 7.63. The Hall–Kier alpha value is -0.450. The summed E-state index contributed by atoms with van der Waals surface area (Å²) in [6.07, 6.45) is 2.70. The van der Waals surface area contributed by atoms with E-state index in [-0.39, 0.29) is 6.10 Å². The van der Waals surface area contributed by atoms with E-state index in [2.05, 4.69) is 24.1 Å². The van der Waals surface area contributed by atoms with Gasteiger partial charge in [-0.05, 0) is 12.8 Å². The van der Waals surface area contributed by atoms with Crippen LogP contribution in [0, 0.1) is 5.92 Å². The Bertz CT molecular complexity index is 284. The Balaban J connectivity index is 2.33. The molecule has 1 atom stereocenters. The SMILES string of the molecule is CC(C)Cc1ncc(CNC[C@H](C)O)s1. The van der Waals surface area contributed by atoms with Gasteiger partial charge in [0, 0.05) is 30.6 Å². The fraction of sp³-hybridized carbons (Fsp3) is 0.727. The average molecular weight is 228 g/mol. The van der Waals surface area contributed by atoms with Crippen molar-refractivity contribution in [3.8, 4) is 0 Å². The van der Waals surface area contributed by atoms with Gasteiger partial charge >= 0.3 is 0 Å². The van der Waals surface area contributed by atoms with Gasteiger partial charge in [0.2, 0.25) is 0 Å². The molecule has 1 aromatic heterocycles. The van der Waals surface area contributed by atoms with Crippen LogP contribution in [0.15, 0.2) is 6.20 Å². The number of thiazole rings is 1. The summed E-state index contributed by atoms with van der Waals surface area (Å²) >= 11 is 1.76. The summed E-state index contributed by atoms with van der Waals surface area (Å²) in [7, 11) is 0. The second kappa shape index (κ2) is 6.20. The fourth-order valence-corrected chi connectivity index (χ4v) is 2.38. The second-order valence-corrected chi connectivity index (χ2v) is 5.50. The molecule has 1 rings (SSSR count). The maximum absolute atomic E-state index is 9.08. The molecule has 0 aliphatic carbocycles. The van der Waals surface area contributed by atoms with Crippen LogP contribution < -0.4 is 5.32 Å². The molecular formula is C11H20N2OS. The molecule has 0 radical (unpaired) electrons. The maximum atomic E-state index is 9.08. The first-order valence-corrected chi connectivity index (χ1v) is 6.22. The monoisotopic (exact) mass is 228 g/mol. The lowest BCUT2D eigenvalue weighted by atomic mass is 10.1. The molecular weight excluding hydrogens is 208 g/mol. The lowest BCUT2D eigenvalue weighted by molar-refractivity contribution is 0.191. The van der Waals surface area contributed by atoms with Gasteiger partial charge in [-0.1, -0.05) is 13.8 Å². The van der Waals surface area contributed by atoms with E-state index in [0.717, 1.165) is 13.0 Å². The van der Waals surface area contributed by atoms with Crippen molar-refractivity contribution in [1.29, 1.82) is 0 Å². The van der Waals surface area contributed by atoms with Crippen molar-refractivity contribution in [2.45, 2.75) is 39.8 Å². The van der Waals surface area contributed by atoms with Crippen LogP contribution in [0.2, 0.25) is 0 Å². The largest absolute Gasteiger partial charge is 0.392 e. The molecule has 0 saturated heterocycles. The summed E-state index contributed by atoms with van der Waals surface area (Å²) in [5.74, 6) is 0.662. The van der Waals surface area contributed by atoms with E-state index in [0.29, 0.717) is 12.5 Å². The van der Waals surface area contributed by atoms with E-state index in [1.807, 2.05) is 6.20 Å². The lowest BCUT2D eigenvalue weighted by Gasteiger charge is -2.04. The minimum absolute atomic E-state index is 0.284. The predicted molar refractivity (Wildman–Crippen MR) is 64.0 cm³/mol. The Morgan fingerprint density at radius 3 is 2.80 bits per heavy atom. The van der Waals surface area contributed by atoms with Crippen LogP contribution in [0.4, 0.5) is 0 Å². The normalized spacial score (nSPS) is 13.4. The van der Waals surface area contributed by atoms with Crippen LogP contribution in [0.1, 0.15) is 30.7 Å². The molecule has 15 heavy (non-hydrogen) atoms. The standard InChI is InChI=1S/C11H20N2OS/c1-8(2)4-11-13-7-10(15-11)6-12-5-9(3)14/h7-9,12,14H,4-6H2,1-3H3/t9-/m0/s1. The van der Waals surface area contributed by atoms with Crippen molar-refractivity contribution in [3.63, 3.8) is 0 Å². The average Bonchev–Trinajstić information content (AvgIpc) is 2.50. The lowest BCUT2D eigenvalue weighted by Crippen LogP contribution is -2.23. The van der Waals surface area contributed by atoms with Crippen molar-refractivity contribution >= 4 is 11.3 Å². The molecule has 0 aromatic carbocycles. The Labute approximate surface area is 95.6 Å². The molecule has 4 heteroatoms. The van der Waals surface area contributed by atoms with Crippen LogP contribution in [0.3, 0.4) is 0 Å². The minimum atomic E-state index is -0.284. The van der Waals surface area contributed by atoms with Crippen LogP contribution in [0.25, 0.3) is 0 Å². The third kappa shape index (κ3) is 5.25. The minimum Gasteiger partial charge on any atom is -0.392 e. The third-order valence-electron chi connectivity index (χ3n) is 1.92. The fourth-order valence-electron chi connectivity index (χ4n) is 1.28. The molecule has 0 aliphatic heterocycles. The van der Waals surface area contributed by atoms with Crippen LogP contribution in [0.5, 0.6) is 0 Å². The van der Waals surface area contributed by atoms with Crippen molar-refractivity contribution in [3.05, 3.63) is 16.1 Å². The molecule has 86 valence electrons. The van der Waals surface area contributed by atoms with Crippen LogP contribution >= 0.6 is 11.3 Å². The number of aliphatic hydroxyl groups is 1. The van der Waals surface area contributed by atoms with Gasteiger partial charge in [-0.15, -0.1) is 11.3 Å². The number of hydrogen-bond donors (Lipinski definition) is 2. The van der Waals surface area contributed by atoms with E-state index in [1.165, 1.54) is 9.88 Å². The first kappa shape index (κ1) is 12.6. The molecule has 0 saturated carbocycles. The summed E-state index contributed by atoms with van der Waals surface area (Å²) in [4.78, 5) is 5.61. The number of aromatic nitrogens is 1. The van der Waals surface area contributed by atoms with Gasteiger partial charge in [-0.3, -0.25) is 0 Å². The maximum Gasteiger partial charge on any atom is 0.0930 e. The molecule has 1 heterocycles. The number of rotatable bonds is 6. The Morgan fingerprint density at radius 1 is 1.47 bits per heavy atom. The first-order valence-electron chi connectivity index (χ1n) is 5.40. The van der Waals surface area contributed by atoms with E-state index in [1.54, 1.807) is 18.3 Å². The highest BCUT2D eigenvalue weighted by Gasteiger charge is 2.04. The molecule has 0 unspecified atom stereocenters. The number of hydrogen-bond acceptors (Lipinski definition) is 4.